The van der Waals surface area contributed by atoms with E-state index < -0.39 is 0 Å². The fourth-order valence-electron chi connectivity index (χ4n) is 2.07. The van der Waals surface area contributed by atoms with Crippen molar-refractivity contribution in [1.29, 1.82) is 0 Å². The Labute approximate surface area is 128 Å². The van der Waals surface area contributed by atoms with E-state index in [1.54, 1.807) is 7.11 Å². The summed E-state index contributed by atoms with van der Waals surface area (Å²) >= 11 is 0. The SMILES string of the molecule is C=C[C@H](C)[C@H](CC[C@@H](C)C=O)OCc1ccc(OC)cc1. The Hall–Kier alpha value is -1.61. The van der Waals surface area contributed by atoms with Gasteiger partial charge in [0.2, 0.25) is 0 Å². The van der Waals surface area contributed by atoms with Crippen molar-refractivity contribution in [2.45, 2.75) is 39.4 Å². The Morgan fingerprint density at radius 3 is 2.38 bits per heavy atom. The second kappa shape index (κ2) is 9.35. The van der Waals surface area contributed by atoms with Crippen LogP contribution < -0.4 is 4.74 Å². The van der Waals surface area contributed by atoms with E-state index in [4.69, 9.17) is 9.47 Å². The van der Waals surface area contributed by atoms with Crippen LogP contribution in [0.5, 0.6) is 5.75 Å². The summed E-state index contributed by atoms with van der Waals surface area (Å²) in [6.07, 6.45) is 4.70. The highest BCUT2D eigenvalue weighted by Crippen LogP contribution is 2.20. The predicted molar refractivity (Wildman–Crippen MR) is 85.4 cm³/mol. The number of carbonyl (C=O) groups excluding carboxylic acids is 1. The van der Waals surface area contributed by atoms with Gasteiger partial charge in [-0.25, -0.2) is 0 Å². The maximum Gasteiger partial charge on any atom is 0.122 e. The molecule has 0 aliphatic carbocycles. The Morgan fingerprint density at radius 2 is 1.86 bits per heavy atom. The topological polar surface area (TPSA) is 35.5 Å². The molecule has 0 aliphatic heterocycles. The van der Waals surface area contributed by atoms with Gasteiger partial charge >= 0.3 is 0 Å². The zero-order valence-corrected chi connectivity index (χ0v) is 13.2. The smallest absolute Gasteiger partial charge is 0.122 e. The molecule has 1 aromatic rings. The van der Waals surface area contributed by atoms with Crippen molar-refractivity contribution in [3.05, 3.63) is 42.5 Å². The third-order valence-electron chi connectivity index (χ3n) is 3.72. The molecule has 0 unspecified atom stereocenters. The predicted octanol–water partition coefficient (Wildman–Crippen LogP) is 4.02. The van der Waals surface area contributed by atoms with Gasteiger partial charge in [-0.1, -0.05) is 32.1 Å². The quantitative estimate of drug-likeness (QED) is 0.482. The van der Waals surface area contributed by atoms with Crippen LogP contribution in [0.3, 0.4) is 0 Å². The minimum Gasteiger partial charge on any atom is -0.497 e. The van der Waals surface area contributed by atoms with E-state index in [1.807, 2.05) is 37.3 Å². The van der Waals surface area contributed by atoms with Crippen molar-refractivity contribution < 1.29 is 14.3 Å². The maximum atomic E-state index is 10.7. The lowest BCUT2D eigenvalue weighted by Gasteiger charge is -2.23. The zero-order chi connectivity index (χ0) is 15.7. The molecule has 0 amide bonds. The molecule has 0 saturated heterocycles. The van der Waals surface area contributed by atoms with Crippen LogP contribution in [0.1, 0.15) is 32.3 Å². The molecular formula is C18H26O3. The highest BCUT2D eigenvalue weighted by atomic mass is 16.5. The fraction of sp³-hybridized carbons (Fsp3) is 0.500. The zero-order valence-electron chi connectivity index (χ0n) is 13.2. The number of hydrogen-bond donors (Lipinski definition) is 0. The number of methoxy groups -OCH3 is 1. The van der Waals surface area contributed by atoms with Crippen LogP contribution in [0.15, 0.2) is 36.9 Å². The Balaban J connectivity index is 2.54. The summed E-state index contributed by atoms with van der Waals surface area (Å²) in [4.78, 5) is 10.7. The van der Waals surface area contributed by atoms with Gasteiger partial charge in [0.25, 0.3) is 0 Å². The number of ether oxygens (including phenoxy) is 2. The summed E-state index contributed by atoms with van der Waals surface area (Å²) in [6.45, 7) is 8.43. The van der Waals surface area contributed by atoms with Gasteiger partial charge in [0.15, 0.2) is 0 Å². The number of hydrogen-bond acceptors (Lipinski definition) is 3. The molecule has 0 spiro atoms. The molecule has 3 heteroatoms. The maximum absolute atomic E-state index is 10.7. The highest BCUT2D eigenvalue weighted by molar-refractivity contribution is 5.52. The number of carbonyl (C=O) groups is 1. The Bertz CT molecular complexity index is 425. The summed E-state index contributed by atoms with van der Waals surface area (Å²) in [5.74, 6) is 1.19. The van der Waals surface area contributed by atoms with Crippen LogP contribution in [0.4, 0.5) is 0 Å². The molecule has 21 heavy (non-hydrogen) atoms. The van der Waals surface area contributed by atoms with E-state index in [0.717, 1.165) is 30.4 Å². The molecule has 1 rings (SSSR count). The average Bonchev–Trinajstić information content (AvgIpc) is 2.54. The molecule has 3 nitrogen and oxygen atoms in total. The number of aldehydes is 1. The molecule has 116 valence electrons. The first kappa shape index (κ1) is 17.4. The van der Waals surface area contributed by atoms with E-state index in [2.05, 4.69) is 13.5 Å². The second-order valence-electron chi connectivity index (χ2n) is 5.48. The van der Waals surface area contributed by atoms with Crippen molar-refractivity contribution in [1.82, 2.24) is 0 Å². The van der Waals surface area contributed by atoms with Gasteiger partial charge < -0.3 is 14.3 Å². The van der Waals surface area contributed by atoms with Crippen LogP contribution in [0.2, 0.25) is 0 Å². The normalized spacial score (nSPS) is 15.0. The third kappa shape index (κ3) is 6.13. The van der Waals surface area contributed by atoms with Gasteiger partial charge in [0, 0.05) is 5.92 Å². The minimum atomic E-state index is 0.0779. The lowest BCUT2D eigenvalue weighted by atomic mass is 9.96. The largest absolute Gasteiger partial charge is 0.497 e. The van der Waals surface area contributed by atoms with E-state index >= 15 is 0 Å². The minimum absolute atomic E-state index is 0.0779. The van der Waals surface area contributed by atoms with E-state index in [9.17, 15) is 4.79 Å². The third-order valence-corrected chi connectivity index (χ3v) is 3.72. The Morgan fingerprint density at radius 1 is 1.19 bits per heavy atom. The first-order valence-corrected chi connectivity index (χ1v) is 7.43. The number of benzene rings is 1. The molecule has 0 fully saturated rings. The molecule has 0 aromatic heterocycles. The molecule has 0 saturated carbocycles. The lowest BCUT2D eigenvalue weighted by Crippen LogP contribution is -2.21. The van der Waals surface area contributed by atoms with Crippen molar-refractivity contribution in [3.63, 3.8) is 0 Å². The van der Waals surface area contributed by atoms with Crippen molar-refractivity contribution in [2.24, 2.45) is 11.8 Å². The molecule has 0 aliphatic rings. The molecular weight excluding hydrogens is 264 g/mol. The van der Waals surface area contributed by atoms with Gasteiger partial charge in [-0.2, -0.15) is 0 Å². The van der Waals surface area contributed by atoms with E-state index in [0.29, 0.717) is 6.61 Å². The summed E-state index contributed by atoms with van der Waals surface area (Å²) in [6, 6.07) is 7.86. The lowest BCUT2D eigenvalue weighted by molar-refractivity contribution is -0.111. The van der Waals surface area contributed by atoms with Crippen LogP contribution in [0, 0.1) is 11.8 Å². The van der Waals surface area contributed by atoms with E-state index in [-0.39, 0.29) is 17.9 Å². The van der Waals surface area contributed by atoms with Crippen molar-refractivity contribution >= 4 is 6.29 Å². The summed E-state index contributed by atoms with van der Waals surface area (Å²) in [7, 11) is 1.65. The van der Waals surface area contributed by atoms with Crippen LogP contribution in [0.25, 0.3) is 0 Å². The van der Waals surface area contributed by atoms with Crippen LogP contribution >= 0.6 is 0 Å². The van der Waals surface area contributed by atoms with Gasteiger partial charge in [0.1, 0.15) is 12.0 Å². The van der Waals surface area contributed by atoms with Crippen LogP contribution in [-0.4, -0.2) is 19.5 Å². The fourth-order valence-corrected chi connectivity index (χ4v) is 2.07. The van der Waals surface area contributed by atoms with Gasteiger partial charge in [-0.15, -0.1) is 6.58 Å². The van der Waals surface area contributed by atoms with Gasteiger partial charge in [-0.3, -0.25) is 0 Å². The summed E-state index contributed by atoms with van der Waals surface area (Å²) in [5.41, 5.74) is 1.11. The van der Waals surface area contributed by atoms with Crippen molar-refractivity contribution in [3.8, 4) is 5.75 Å². The molecule has 0 N–H and O–H groups in total. The first-order chi connectivity index (χ1) is 10.1. The first-order valence-electron chi connectivity index (χ1n) is 7.43. The highest BCUT2D eigenvalue weighted by Gasteiger charge is 2.16. The van der Waals surface area contributed by atoms with E-state index in [1.165, 1.54) is 0 Å². The number of rotatable bonds is 10. The summed E-state index contributed by atoms with van der Waals surface area (Å²) < 4.78 is 11.2. The molecule has 1 aromatic carbocycles. The van der Waals surface area contributed by atoms with Gasteiger partial charge in [0.05, 0.1) is 19.8 Å². The molecule has 0 bridgehead atoms. The molecule has 0 radical (unpaired) electrons. The Kier molecular flexibility index (Phi) is 7.76. The molecule has 3 atom stereocenters. The van der Waals surface area contributed by atoms with Gasteiger partial charge in [-0.05, 0) is 36.5 Å². The monoisotopic (exact) mass is 290 g/mol. The van der Waals surface area contributed by atoms with Crippen LogP contribution in [-0.2, 0) is 16.1 Å². The average molecular weight is 290 g/mol. The second-order valence-corrected chi connectivity index (χ2v) is 5.48. The standard InChI is InChI=1S/C18H26O3/c1-5-15(3)18(11-6-14(2)12-19)21-13-16-7-9-17(20-4)10-8-16/h5,7-10,12,14-15,18H,1,6,11,13H2,2-4H3/t14-,15+,18+/m1/s1. The molecule has 0 heterocycles. The van der Waals surface area contributed by atoms with Crippen molar-refractivity contribution in [2.75, 3.05) is 7.11 Å². The summed E-state index contributed by atoms with van der Waals surface area (Å²) in [5, 5.41) is 0.